The van der Waals surface area contributed by atoms with Gasteiger partial charge in [-0.1, -0.05) is 0 Å². The number of piperidine rings is 1. The summed E-state index contributed by atoms with van der Waals surface area (Å²) in [4.78, 5) is 32.5. The van der Waals surface area contributed by atoms with Crippen LogP contribution in [0.5, 0.6) is 0 Å². The van der Waals surface area contributed by atoms with Gasteiger partial charge >= 0.3 is 0 Å². The quantitative estimate of drug-likeness (QED) is 0.717. The van der Waals surface area contributed by atoms with E-state index in [0.29, 0.717) is 36.7 Å². The Balaban J connectivity index is 1.46. The summed E-state index contributed by atoms with van der Waals surface area (Å²) < 4.78 is 0. The molecule has 2 fully saturated rings. The molecule has 2 amide bonds. The molecule has 0 radical (unpaired) electrons. The van der Waals surface area contributed by atoms with Crippen molar-refractivity contribution < 1.29 is 14.7 Å². The number of amides is 2. The van der Waals surface area contributed by atoms with Gasteiger partial charge in [-0.2, -0.15) is 0 Å². The Bertz CT molecular complexity index is 612. The Kier molecular flexibility index (Phi) is 6.44. The fourth-order valence-corrected chi connectivity index (χ4v) is 3.63. The summed E-state index contributed by atoms with van der Waals surface area (Å²) in [5, 5.41) is 11.9. The molecule has 2 aliphatic heterocycles. The second kappa shape index (κ2) is 8.98. The van der Waals surface area contributed by atoms with Gasteiger partial charge in [0.25, 0.3) is 5.91 Å². The van der Waals surface area contributed by atoms with E-state index in [9.17, 15) is 9.59 Å². The molecule has 0 aliphatic carbocycles. The number of pyridine rings is 1. The largest absolute Gasteiger partial charge is 0.396 e. The molecule has 0 saturated carbocycles. The van der Waals surface area contributed by atoms with Gasteiger partial charge in [0, 0.05) is 51.9 Å². The molecule has 2 N–H and O–H groups in total. The van der Waals surface area contributed by atoms with Crippen molar-refractivity contribution in [1.29, 1.82) is 0 Å². The summed E-state index contributed by atoms with van der Waals surface area (Å²) in [5.41, 5.74) is 0.603. The van der Waals surface area contributed by atoms with Crippen molar-refractivity contribution in [3.05, 3.63) is 23.9 Å². The van der Waals surface area contributed by atoms with Crippen LogP contribution in [0, 0.1) is 5.92 Å². The van der Waals surface area contributed by atoms with Crippen LogP contribution in [0.15, 0.2) is 18.3 Å². The first-order chi connectivity index (χ1) is 12.7. The zero-order valence-electron chi connectivity index (χ0n) is 15.2. The summed E-state index contributed by atoms with van der Waals surface area (Å²) >= 11 is 0. The minimum Gasteiger partial charge on any atom is -0.396 e. The first-order valence-electron chi connectivity index (χ1n) is 9.55. The first-order valence-corrected chi connectivity index (χ1v) is 9.55. The van der Waals surface area contributed by atoms with Crippen molar-refractivity contribution in [3.63, 3.8) is 0 Å². The number of aromatic nitrogens is 1. The third-order valence-electron chi connectivity index (χ3n) is 5.20. The zero-order chi connectivity index (χ0) is 18.4. The Morgan fingerprint density at radius 1 is 1.27 bits per heavy atom. The zero-order valence-corrected chi connectivity index (χ0v) is 15.2. The van der Waals surface area contributed by atoms with Crippen LogP contribution in [0.1, 0.15) is 42.5 Å². The van der Waals surface area contributed by atoms with Crippen LogP contribution in [-0.4, -0.2) is 71.0 Å². The topological polar surface area (TPSA) is 85.8 Å². The van der Waals surface area contributed by atoms with E-state index < -0.39 is 0 Å². The van der Waals surface area contributed by atoms with E-state index in [0.717, 1.165) is 45.4 Å². The maximum Gasteiger partial charge on any atom is 0.255 e. The molecule has 142 valence electrons. The Morgan fingerprint density at radius 3 is 2.69 bits per heavy atom. The third kappa shape index (κ3) is 4.72. The number of carbonyl (C=O) groups excluding carboxylic acids is 2. The molecular weight excluding hydrogens is 332 g/mol. The lowest BCUT2D eigenvalue weighted by atomic mass is 9.96. The molecule has 3 heterocycles. The average Bonchev–Trinajstić information content (AvgIpc) is 3.07. The van der Waals surface area contributed by atoms with E-state index in [2.05, 4.69) is 10.3 Å². The van der Waals surface area contributed by atoms with Crippen molar-refractivity contribution in [2.75, 3.05) is 44.6 Å². The molecule has 2 saturated heterocycles. The fourth-order valence-electron chi connectivity index (χ4n) is 3.63. The minimum atomic E-state index is 0.0232. The van der Waals surface area contributed by atoms with Crippen LogP contribution < -0.4 is 5.32 Å². The Morgan fingerprint density at radius 2 is 2.08 bits per heavy atom. The number of carbonyl (C=O) groups is 2. The highest BCUT2D eigenvalue weighted by Crippen LogP contribution is 2.22. The van der Waals surface area contributed by atoms with Crippen LogP contribution in [-0.2, 0) is 4.79 Å². The lowest BCUT2D eigenvalue weighted by molar-refractivity contribution is -0.128. The molecule has 7 heteroatoms. The highest BCUT2D eigenvalue weighted by atomic mass is 16.3. The number of likely N-dealkylation sites (tertiary alicyclic amines) is 2. The summed E-state index contributed by atoms with van der Waals surface area (Å²) in [6, 6.07) is 3.60. The van der Waals surface area contributed by atoms with Crippen molar-refractivity contribution >= 4 is 17.6 Å². The highest BCUT2D eigenvalue weighted by Gasteiger charge is 2.28. The SMILES string of the molecule is O=C1CCCN1CC1CCN(C(=O)c2ccc(NCCCO)nc2)CC1. The molecule has 0 atom stereocenters. The molecule has 3 rings (SSSR count). The lowest BCUT2D eigenvalue weighted by Gasteiger charge is -2.34. The molecular formula is C19H28N4O3. The van der Waals surface area contributed by atoms with Gasteiger partial charge in [0.1, 0.15) is 5.82 Å². The maximum absolute atomic E-state index is 12.6. The average molecular weight is 360 g/mol. The Labute approximate surface area is 154 Å². The van der Waals surface area contributed by atoms with Gasteiger partial charge in [-0.15, -0.1) is 0 Å². The third-order valence-corrected chi connectivity index (χ3v) is 5.20. The van der Waals surface area contributed by atoms with Crippen LogP contribution >= 0.6 is 0 Å². The van der Waals surface area contributed by atoms with Gasteiger partial charge in [-0.25, -0.2) is 4.98 Å². The lowest BCUT2D eigenvalue weighted by Crippen LogP contribution is -2.41. The number of anilines is 1. The molecule has 0 aromatic carbocycles. The number of aliphatic hydroxyl groups is 1. The number of hydrogen-bond donors (Lipinski definition) is 2. The number of rotatable bonds is 7. The van der Waals surface area contributed by atoms with Gasteiger partial charge in [0.15, 0.2) is 0 Å². The molecule has 0 bridgehead atoms. The van der Waals surface area contributed by atoms with Crippen molar-refractivity contribution in [3.8, 4) is 0 Å². The Hall–Kier alpha value is -2.15. The molecule has 1 aromatic rings. The van der Waals surface area contributed by atoms with E-state index in [1.165, 1.54) is 0 Å². The number of nitrogens with one attached hydrogen (secondary N) is 1. The first kappa shape index (κ1) is 18.6. The van der Waals surface area contributed by atoms with Crippen molar-refractivity contribution in [2.45, 2.75) is 32.1 Å². The van der Waals surface area contributed by atoms with Crippen LogP contribution in [0.2, 0.25) is 0 Å². The standard InChI is InChI=1S/C19H28N4O3/c24-12-2-8-20-17-5-4-16(13-21-17)19(26)22-10-6-15(7-11-22)14-23-9-1-3-18(23)25/h4-5,13,15,24H,1-3,6-12,14H2,(H,20,21). The molecule has 1 aromatic heterocycles. The van der Waals surface area contributed by atoms with E-state index >= 15 is 0 Å². The second-order valence-corrected chi connectivity index (χ2v) is 7.11. The molecule has 2 aliphatic rings. The van der Waals surface area contributed by atoms with Gasteiger partial charge in [0.2, 0.25) is 5.91 Å². The smallest absolute Gasteiger partial charge is 0.255 e. The summed E-state index contributed by atoms with van der Waals surface area (Å²) in [5.74, 6) is 1.51. The van der Waals surface area contributed by atoms with Gasteiger partial charge in [0.05, 0.1) is 5.56 Å². The number of hydrogen-bond acceptors (Lipinski definition) is 5. The summed E-state index contributed by atoms with van der Waals surface area (Å²) in [7, 11) is 0. The monoisotopic (exact) mass is 360 g/mol. The predicted molar refractivity (Wildman–Crippen MR) is 98.9 cm³/mol. The highest BCUT2D eigenvalue weighted by molar-refractivity contribution is 5.94. The minimum absolute atomic E-state index is 0.0232. The van der Waals surface area contributed by atoms with Crippen molar-refractivity contribution in [2.24, 2.45) is 5.92 Å². The van der Waals surface area contributed by atoms with Crippen LogP contribution in [0.3, 0.4) is 0 Å². The van der Waals surface area contributed by atoms with E-state index in [1.54, 1.807) is 18.3 Å². The van der Waals surface area contributed by atoms with Gasteiger partial charge in [-0.05, 0) is 43.7 Å². The van der Waals surface area contributed by atoms with Crippen LogP contribution in [0.4, 0.5) is 5.82 Å². The predicted octanol–water partition coefficient (Wildman–Crippen LogP) is 1.35. The van der Waals surface area contributed by atoms with E-state index in [4.69, 9.17) is 5.11 Å². The maximum atomic E-state index is 12.6. The fraction of sp³-hybridized carbons (Fsp3) is 0.632. The number of nitrogens with zero attached hydrogens (tertiary/aromatic N) is 3. The molecule has 26 heavy (non-hydrogen) atoms. The molecule has 7 nitrogen and oxygen atoms in total. The normalized spacial score (nSPS) is 18.4. The van der Waals surface area contributed by atoms with Gasteiger partial charge < -0.3 is 20.2 Å². The van der Waals surface area contributed by atoms with E-state index in [-0.39, 0.29) is 18.4 Å². The summed E-state index contributed by atoms with van der Waals surface area (Å²) in [6.45, 7) is 4.01. The van der Waals surface area contributed by atoms with E-state index in [1.807, 2.05) is 9.80 Å². The molecule has 0 unspecified atom stereocenters. The van der Waals surface area contributed by atoms with Crippen molar-refractivity contribution in [1.82, 2.24) is 14.8 Å². The summed E-state index contributed by atoms with van der Waals surface area (Å²) in [6.07, 6.45) is 5.84. The van der Waals surface area contributed by atoms with Gasteiger partial charge in [-0.3, -0.25) is 9.59 Å². The molecule has 0 spiro atoms. The van der Waals surface area contributed by atoms with Crippen LogP contribution in [0.25, 0.3) is 0 Å². The number of aliphatic hydroxyl groups excluding tert-OH is 1. The second-order valence-electron chi connectivity index (χ2n) is 7.11.